The maximum Gasteiger partial charge on any atom is 0.306 e. The third-order valence-corrected chi connectivity index (χ3v) is 9.13. The van der Waals surface area contributed by atoms with E-state index in [0.29, 0.717) is 23.9 Å². The van der Waals surface area contributed by atoms with E-state index in [1.54, 1.807) is 0 Å². The monoisotopic (exact) mass is 790 g/mol. The quantitative estimate of drug-likeness (QED) is 0.0203. The summed E-state index contributed by atoms with van der Waals surface area (Å²) in [5.41, 5.74) is 0. The molecule has 0 aliphatic carbocycles. The standard InChI is InChI=1S/C45H76NO8P/c1-6-8-10-12-14-16-18-20-21-22-23-24-25-26-28-29-31-33-35-37-44(47)51-41-43(42-53-55(49,50)52-40-39-46(3,4)5)54-45(48)38-36-34-32-30-27-19-17-15-13-11-9-7-2/h8,10,14-17,20-21,23-24,26,28,31,33,43H,6-7,9,11-13,18-19,22,25,27,29-30,32,34-42H2,1-5H3/b10-8+,16-14+,17-15+,21-20+,24-23+,28-26+,33-31+/t43-/m0/s1. The number of quaternary nitrogens is 1. The lowest BCUT2D eigenvalue weighted by Crippen LogP contribution is -2.37. The van der Waals surface area contributed by atoms with Crippen molar-refractivity contribution in [2.24, 2.45) is 0 Å². The summed E-state index contributed by atoms with van der Waals surface area (Å²) in [4.78, 5) is 37.4. The molecule has 55 heavy (non-hydrogen) atoms. The third kappa shape index (κ3) is 40.7. The SMILES string of the molecule is CC/C=C/C/C=C/C/C=C/C/C=C/C/C=C/C/C=C/CCC(=O)OC[C@@H](COP(=O)([O-])OCC[N+](C)(C)C)OC(=O)CCCCCCC/C=C/CCCCC. The van der Waals surface area contributed by atoms with Crippen LogP contribution in [0, 0.1) is 0 Å². The van der Waals surface area contributed by atoms with Crippen molar-refractivity contribution in [3.63, 3.8) is 0 Å². The van der Waals surface area contributed by atoms with Gasteiger partial charge in [0.15, 0.2) is 6.10 Å². The molecular weight excluding hydrogens is 713 g/mol. The van der Waals surface area contributed by atoms with Gasteiger partial charge in [-0.1, -0.05) is 131 Å². The molecule has 0 aromatic heterocycles. The maximum atomic E-state index is 12.6. The number of phosphoric ester groups is 1. The molecule has 314 valence electrons. The number of esters is 2. The lowest BCUT2D eigenvalue weighted by molar-refractivity contribution is -0.870. The summed E-state index contributed by atoms with van der Waals surface area (Å²) in [5.74, 6) is -0.954. The van der Waals surface area contributed by atoms with Gasteiger partial charge in [0.05, 0.1) is 27.7 Å². The second-order valence-electron chi connectivity index (χ2n) is 14.6. The molecule has 0 N–H and O–H groups in total. The molecule has 0 spiro atoms. The van der Waals surface area contributed by atoms with Crippen molar-refractivity contribution < 1.29 is 42.1 Å². The molecule has 0 heterocycles. The van der Waals surface area contributed by atoms with E-state index in [0.717, 1.165) is 77.0 Å². The molecule has 0 saturated carbocycles. The fourth-order valence-electron chi connectivity index (χ4n) is 4.91. The number of carbonyl (C=O) groups is 2. The molecule has 0 fully saturated rings. The highest BCUT2D eigenvalue weighted by Gasteiger charge is 2.21. The largest absolute Gasteiger partial charge is 0.756 e. The van der Waals surface area contributed by atoms with Gasteiger partial charge in [0.1, 0.15) is 19.8 Å². The zero-order valence-corrected chi connectivity index (χ0v) is 36.0. The van der Waals surface area contributed by atoms with Gasteiger partial charge in [0, 0.05) is 12.8 Å². The van der Waals surface area contributed by atoms with Gasteiger partial charge in [-0.25, -0.2) is 0 Å². The van der Waals surface area contributed by atoms with Gasteiger partial charge in [0.25, 0.3) is 7.82 Å². The first kappa shape index (κ1) is 52.2. The van der Waals surface area contributed by atoms with Crippen LogP contribution >= 0.6 is 7.82 Å². The minimum atomic E-state index is -4.64. The van der Waals surface area contributed by atoms with Crippen LogP contribution in [0.5, 0.6) is 0 Å². The summed E-state index contributed by atoms with van der Waals surface area (Å²) in [6.07, 6.45) is 46.3. The Kier molecular flexibility index (Phi) is 34.9. The van der Waals surface area contributed by atoms with E-state index < -0.39 is 32.5 Å². The summed E-state index contributed by atoms with van der Waals surface area (Å²) in [6.45, 7) is 3.96. The Bertz CT molecular complexity index is 1210. The van der Waals surface area contributed by atoms with Gasteiger partial charge in [0.2, 0.25) is 0 Å². The number of likely N-dealkylation sites (N-methyl/N-ethyl adjacent to an activating group) is 1. The molecule has 2 atom stereocenters. The summed E-state index contributed by atoms with van der Waals surface area (Å²) < 4.78 is 33.7. The summed E-state index contributed by atoms with van der Waals surface area (Å²) in [5, 5.41) is 0. The van der Waals surface area contributed by atoms with E-state index in [1.165, 1.54) is 19.3 Å². The summed E-state index contributed by atoms with van der Waals surface area (Å²) in [6, 6.07) is 0. The van der Waals surface area contributed by atoms with Crippen LogP contribution in [0.1, 0.15) is 136 Å². The van der Waals surface area contributed by atoms with Crippen molar-refractivity contribution in [1.82, 2.24) is 0 Å². The van der Waals surface area contributed by atoms with E-state index in [9.17, 15) is 19.0 Å². The zero-order chi connectivity index (χ0) is 40.7. The second-order valence-corrected chi connectivity index (χ2v) is 16.0. The average Bonchev–Trinajstić information content (AvgIpc) is 3.13. The Morgan fingerprint density at radius 3 is 1.62 bits per heavy atom. The number of allylic oxidation sites excluding steroid dienone is 14. The molecule has 0 saturated heterocycles. The first-order valence-electron chi connectivity index (χ1n) is 20.8. The number of nitrogens with zero attached hydrogens (tertiary/aromatic N) is 1. The fraction of sp³-hybridized carbons (Fsp3) is 0.644. The third-order valence-electron chi connectivity index (χ3n) is 8.16. The Labute approximate surface area is 335 Å². The molecular formula is C45H76NO8P. The van der Waals surface area contributed by atoms with Gasteiger partial charge in [-0.05, 0) is 77.0 Å². The predicted octanol–water partition coefficient (Wildman–Crippen LogP) is 11.0. The molecule has 0 aromatic rings. The van der Waals surface area contributed by atoms with E-state index in [-0.39, 0.29) is 26.1 Å². The smallest absolute Gasteiger partial charge is 0.306 e. The molecule has 0 aliphatic heterocycles. The number of hydrogen-bond acceptors (Lipinski definition) is 8. The Morgan fingerprint density at radius 2 is 1.07 bits per heavy atom. The number of phosphoric acid groups is 1. The van der Waals surface area contributed by atoms with Crippen molar-refractivity contribution >= 4 is 19.8 Å². The van der Waals surface area contributed by atoms with Crippen LogP contribution in [0.4, 0.5) is 0 Å². The van der Waals surface area contributed by atoms with Crippen LogP contribution in [-0.4, -0.2) is 70.0 Å². The van der Waals surface area contributed by atoms with Gasteiger partial charge in [-0.2, -0.15) is 0 Å². The summed E-state index contributed by atoms with van der Waals surface area (Å²) >= 11 is 0. The van der Waals surface area contributed by atoms with Crippen molar-refractivity contribution in [3.8, 4) is 0 Å². The fourth-order valence-corrected chi connectivity index (χ4v) is 5.64. The van der Waals surface area contributed by atoms with Crippen LogP contribution in [0.25, 0.3) is 0 Å². The van der Waals surface area contributed by atoms with Crippen LogP contribution in [0.2, 0.25) is 0 Å². The lowest BCUT2D eigenvalue weighted by Gasteiger charge is -2.28. The molecule has 0 amide bonds. The molecule has 0 radical (unpaired) electrons. The molecule has 0 aliphatic rings. The lowest BCUT2D eigenvalue weighted by atomic mass is 10.1. The minimum Gasteiger partial charge on any atom is -0.756 e. The second kappa shape index (κ2) is 36.8. The van der Waals surface area contributed by atoms with Crippen molar-refractivity contribution in [2.45, 2.75) is 142 Å². The normalized spacial score (nSPS) is 14.5. The van der Waals surface area contributed by atoms with Gasteiger partial charge >= 0.3 is 11.9 Å². The number of unbranched alkanes of at least 4 members (excludes halogenated alkanes) is 8. The van der Waals surface area contributed by atoms with Crippen LogP contribution in [0.3, 0.4) is 0 Å². The molecule has 0 aromatic carbocycles. The van der Waals surface area contributed by atoms with E-state index in [2.05, 4.69) is 86.8 Å². The highest BCUT2D eigenvalue weighted by Crippen LogP contribution is 2.38. The Balaban J connectivity index is 4.53. The number of hydrogen-bond donors (Lipinski definition) is 0. The topological polar surface area (TPSA) is 111 Å². The first-order chi connectivity index (χ1) is 26.5. The number of rotatable bonds is 36. The van der Waals surface area contributed by atoms with Crippen LogP contribution < -0.4 is 4.89 Å². The molecule has 0 rings (SSSR count). The average molecular weight is 790 g/mol. The molecule has 1 unspecified atom stereocenters. The Hall–Kier alpha value is -2.81. The van der Waals surface area contributed by atoms with Gasteiger partial charge in [-0.3, -0.25) is 14.2 Å². The Morgan fingerprint density at radius 1 is 0.582 bits per heavy atom. The summed E-state index contributed by atoms with van der Waals surface area (Å²) in [7, 11) is 1.11. The van der Waals surface area contributed by atoms with Gasteiger partial charge < -0.3 is 27.9 Å². The zero-order valence-electron chi connectivity index (χ0n) is 35.1. The van der Waals surface area contributed by atoms with Crippen molar-refractivity contribution in [2.75, 3.05) is 47.5 Å². The van der Waals surface area contributed by atoms with E-state index >= 15 is 0 Å². The highest BCUT2D eigenvalue weighted by atomic mass is 31.2. The predicted molar refractivity (Wildman–Crippen MR) is 226 cm³/mol. The van der Waals surface area contributed by atoms with Crippen molar-refractivity contribution in [3.05, 3.63) is 85.1 Å². The molecule has 9 nitrogen and oxygen atoms in total. The van der Waals surface area contributed by atoms with Gasteiger partial charge in [-0.15, -0.1) is 0 Å². The van der Waals surface area contributed by atoms with E-state index in [4.69, 9.17) is 18.5 Å². The van der Waals surface area contributed by atoms with E-state index in [1.807, 2.05) is 33.3 Å². The maximum absolute atomic E-state index is 12.6. The van der Waals surface area contributed by atoms with Crippen molar-refractivity contribution in [1.29, 1.82) is 0 Å². The molecule has 10 heteroatoms. The number of carbonyl (C=O) groups excluding carboxylic acids is 2. The number of ether oxygens (including phenoxy) is 2. The highest BCUT2D eigenvalue weighted by molar-refractivity contribution is 7.45. The molecule has 0 bridgehead atoms. The minimum absolute atomic E-state index is 0.0481. The van der Waals surface area contributed by atoms with Crippen LogP contribution in [-0.2, 0) is 32.7 Å². The first-order valence-corrected chi connectivity index (χ1v) is 22.3. The van der Waals surface area contributed by atoms with Crippen LogP contribution in [0.15, 0.2) is 85.1 Å².